The maximum Gasteiger partial charge on any atom is 0.328 e. The number of aliphatic carboxylic acids is 1. The molecule has 1 N–H and O–H groups in total. The molecule has 2 rings (SSSR count). The van der Waals surface area contributed by atoms with E-state index in [0.29, 0.717) is 32.1 Å². The van der Waals surface area contributed by atoms with E-state index in [9.17, 15) is 4.79 Å². The second kappa shape index (κ2) is 8.29. The zero-order valence-electron chi connectivity index (χ0n) is 12.6. The molecule has 0 saturated carbocycles. The minimum atomic E-state index is -1.05. The summed E-state index contributed by atoms with van der Waals surface area (Å²) in [5, 5.41) is 10.0. The fraction of sp³-hybridized carbons (Fsp3) is 0.118. The Kier molecular flexibility index (Phi) is 6.37. The quantitative estimate of drug-likeness (QED) is 0.680. The third-order valence-electron chi connectivity index (χ3n) is 3.06. The molecule has 0 heterocycles. The predicted molar refractivity (Wildman–Crippen MR) is 95.5 cm³/mol. The van der Waals surface area contributed by atoms with E-state index in [4.69, 9.17) is 49.4 Å². The monoisotopic (exact) mass is 386 g/mol. The minimum absolute atomic E-state index is 0.177. The third-order valence-corrected chi connectivity index (χ3v) is 3.92. The lowest BCUT2D eigenvalue weighted by molar-refractivity contribution is -0.131. The van der Waals surface area contributed by atoms with Crippen LogP contribution in [0.5, 0.6) is 11.5 Å². The molecule has 0 aliphatic rings. The summed E-state index contributed by atoms with van der Waals surface area (Å²) in [6, 6.07) is 8.31. The number of hydrogen-bond acceptors (Lipinski definition) is 3. The van der Waals surface area contributed by atoms with E-state index in [1.165, 1.54) is 13.2 Å². The van der Waals surface area contributed by atoms with Gasteiger partial charge < -0.3 is 14.6 Å². The molecule has 0 unspecified atom stereocenters. The summed E-state index contributed by atoms with van der Waals surface area (Å²) in [4.78, 5) is 10.6. The molecule has 0 aromatic heterocycles. The number of carboxylic acid groups (broad SMARTS) is 1. The van der Waals surface area contributed by atoms with Crippen LogP contribution in [0.4, 0.5) is 0 Å². The van der Waals surface area contributed by atoms with Gasteiger partial charge >= 0.3 is 5.97 Å². The highest BCUT2D eigenvalue weighted by Gasteiger charge is 2.12. The predicted octanol–water partition coefficient (Wildman–Crippen LogP) is 5.33. The summed E-state index contributed by atoms with van der Waals surface area (Å²) in [6.45, 7) is 0.177. The Morgan fingerprint density at radius 1 is 1.17 bits per heavy atom. The van der Waals surface area contributed by atoms with Gasteiger partial charge in [-0.15, -0.1) is 0 Å². The van der Waals surface area contributed by atoms with Gasteiger partial charge in [-0.3, -0.25) is 0 Å². The van der Waals surface area contributed by atoms with Crippen molar-refractivity contribution in [1.82, 2.24) is 0 Å². The molecule has 126 valence electrons. The molecule has 0 spiro atoms. The lowest BCUT2D eigenvalue weighted by Gasteiger charge is -2.14. The smallest absolute Gasteiger partial charge is 0.328 e. The van der Waals surface area contributed by atoms with Gasteiger partial charge in [-0.1, -0.05) is 40.9 Å². The second-order valence-corrected chi connectivity index (χ2v) is 5.98. The van der Waals surface area contributed by atoms with Gasteiger partial charge in [0, 0.05) is 21.7 Å². The van der Waals surface area contributed by atoms with Gasteiger partial charge in [0.15, 0.2) is 11.5 Å². The summed E-state index contributed by atoms with van der Waals surface area (Å²) in [5.74, 6) is -0.321. The lowest BCUT2D eigenvalue weighted by atomic mass is 10.2. The third kappa shape index (κ3) is 4.81. The van der Waals surface area contributed by atoms with Crippen LogP contribution in [0, 0.1) is 0 Å². The average Bonchev–Trinajstić information content (AvgIpc) is 2.52. The van der Waals surface area contributed by atoms with Gasteiger partial charge in [0.2, 0.25) is 0 Å². The van der Waals surface area contributed by atoms with Crippen molar-refractivity contribution in [2.75, 3.05) is 7.11 Å². The van der Waals surface area contributed by atoms with Crippen LogP contribution in [0.15, 0.2) is 36.4 Å². The average molecular weight is 388 g/mol. The fourth-order valence-electron chi connectivity index (χ4n) is 1.93. The molecular weight excluding hydrogens is 375 g/mol. The zero-order chi connectivity index (χ0) is 17.7. The van der Waals surface area contributed by atoms with Gasteiger partial charge in [-0.2, -0.15) is 0 Å². The maximum atomic E-state index is 10.6. The molecule has 0 radical (unpaired) electrons. The first-order valence-corrected chi connectivity index (χ1v) is 7.89. The van der Waals surface area contributed by atoms with Crippen molar-refractivity contribution >= 4 is 46.8 Å². The van der Waals surface area contributed by atoms with Crippen LogP contribution in [0.2, 0.25) is 15.1 Å². The number of halogens is 3. The Balaban J connectivity index is 2.24. The number of carbonyl (C=O) groups is 1. The second-order valence-electron chi connectivity index (χ2n) is 4.73. The Morgan fingerprint density at radius 3 is 2.54 bits per heavy atom. The summed E-state index contributed by atoms with van der Waals surface area (Å²) in [5.41, 5.74) is 1.32. The number of rotatable bonds is 6. The normalized spacial score (nSPS) is 10.8. The van der Waals surface area contributed by atoms with E-state index in [1.54, 1.807) is 30.3 Å². The molecule has 2 aromatic rings. The van der Waals surface area contributed by atoms with Crippen LogP contribution >= 0.6 is 34.8 Å². The molecule has 4 nitrogen and oxygen atoms in total. The summed E-state index contributed by atoms with van der Waals surface area (Å²) < 4.78 is 11.0. The SMILES string of the molecule is COc1cc(/C=C/C(=O)O)cc(Cl)c1OCc1ccc(Cl)cc1Cl. The lowest BCUT2D eigenvalue weighted by Crippen LogP contribution is -1.99. The van der Waals surface area contributed by atoms with Crippen molar-refractivity contribution in [3.8, 4) is 11.5 Å². The Labute approximate surface area is 154 Å². The summed E-state index contributed by atoms with van der Waals surface area (Å²) >= 11 is 18.2. The number of hydrogen-bond donors (Lipinski definition) is 1. The van der Waals surface area contributed by atoms with Crippen molar-refractivity contribution < 1.29 is 19.4 Å². The van der Waals surface area contributed by atoms with Gasteiger partial charge in [0.05, 0.1) is 12.1 Å². The molecular formula is C17H13Cl3O4. The van der Waals surface area contributed by atoms with E-state index in [0.717, 1.165) is 11.6 Å². The Hall–Kier alpha value is -1.88. The molecule has 0 aliphatic heterocycles. The molecule has 0 fully saturated rings. The topological polar surface area (TPSA) is 55.8 Å². The largest absolute Gasteiger partial charge is 0.493 e. The molecule has 0 atom stereocenters. The van der Waals surface area contributed by atoms with Crippen LogP contribution in [0.1, 0.15) is 11.1 Å². The Morgan fingerprint density at radius 2 is 1.92 bits per heavy atom. The van der Waals surface area contributed by atoms with Crippen molar-refractivity contribution in [3.63, 3.8) is 0 Å². The molecule has 0 saturated heterocycles. The highest BCUT2D eigenvalue weighted by atomic mass is 35.5. The summed E-state index contributed by atoms with van der Waals surface area (Å²) in [7, 11) is 1.47. The first kappa shape index (κ1) is 18.5. The number of carboxylic acids is 1. The van der Waals surface area contributed by atoms with Gasteiger partial charge in [0.25, 0.3) is 0 Å². The van der Waals surface area contributed by atoms with Gasteiger partial charge in [-0.25, -0.2) is 4.79 Å². The first-order valence-electron chi connectivity index (χ1n) is 6.76. The molecule has 2 aromatic carbocycles. The highest BCUT2D eigenvalue weighted by molar-refractivity contribution is 6.35. The standard InChI is InChI=1S/C17H13Cl3O4/c1-23-15-7-10(2-5-16(21)22)6-14(20)17(15)24-9-11-3-4-12(18)8-13(11)19/h2-8H,9H2,1H3,(H,21,22)/b5-2+. The molecule has 0 amide bonds. The summed E-state index contributed by atoms with van der Waals surface area (Å²) in [6.07, 6.45) is 2.43. The highest BCUT2D eigenvalue weighted by Crippen LogP contribution is 2.37. The first-order chi connectivity index (χ1) is 11.4. The van der Waals surface area contributed by atoms with Crippen molar-refractivity contribution in [2.24, 2.45) is 0 Å². The van der Waals surface area contributed by atoms with Crippen molar-refractivity contribution in [2.45, 2.75) is 6.61 Å². The van der Waals surface area contributed by atoms with Crippen molar-refractivity contribution in [1.29, 1.82) is 0 Å². The molecule has 7 heteroatoms. The minimum Gasteiger partial charge on any atom is -0.493 e. The molecule has 0 bridgehead atoms. The van der Waals surface area contributed by atoms with E-state index in [1.807, 2.05) is 0 Å². The van der Waals surface area contributed by atoms with Crippen LogP contribution < -0.4 is 9.47 Å². The van der Waals surface area contributed by atoms with E-state index >= 15 is 0 Å². The van der Waals surface area contributed by atoms with Gasteiger partial charge in [0.1, 0.15) is 6.61 Å². The number of methoxy groups -OCH3 is 1. The van der Waals surface area contributed by atoms with E-state index < -0.39 is 5.97 Å². The van der Waals surface area contributed by atoms with Crippen molar-refractivity contribution in [3.05, 3.63) is 62.6 Å². The maximum absolute atomic E-state index is 10.6. The fourth-order valence-corrected chi connectivity index (χ4v) is 2.67. The zero-order valence-corrected chi connectivity index (χ0v) is 14.8. The van der Waals surface area contributed by atoms with Crippen LogP contribution in [0.3, 0.4) is 0 Å². The van der Waals surface area contributed by atoms with E-state index in [-0.39, 0.29) is 6.61 Å². The van der Waals surface area contributed by atoms with E-state index in [2.05, 4.69) is 0 Å². The van der Waals surface area contributed by atoms with Crippen LogP contribution in [-0.2, 0) is 11.4 Å². The van der Waals surface area contributed by atoms with Crippen LogP contribution in [-0.4, -0.2) is 18.2 Å². The van der Waals surface area contributed by atoms with Crippen LogP contribution in [0.25, 0.3) is 6.08 Å². The van der Waals surface area contributed by atoms with Gasteiger partial charge in [-0.05, 0) is 35.9 Å². The Bertz CT molecular complexity index is 788. The number of benzene rings is 2. The molecule has 24 heavy (non-hydrogen) atoms. The molecule has 0 aliphatic carbocycles. The number of ether oxygens (including phenoxy) is 2.